The molecule has 2 aromatic heterocycles. The van der Waals surface area contributed by atoms with Crippen LogP contribution in [-0.2, 0) is 6.42 Å². The second-order valence-electron chi connectivity index (χ2n) is 5.81. The molecule has 0 radical (unpaired) electrons. The standard InChI is InChI=1S/C16H21N5/c1-10(2)21-15-5-4-11(3)6-14(15)20-16(21)13(17)7-12-8-18-9-19-12/h4-6,8-10,13H,7,17H2,1-3H3,(H,18,19). The van der Waals surface area contributed by atoms with Gasteiger partial charge in [0.05, 0.1) is 23.4 Å². The van der Waals surface area contributed by atoms with Gasteiger partial charge in [-0.15, -0.1) is 0 Å². The molecule has 0 saturated carbocycles. The summed E-state index contributed by atoms with van der Waals surface area (Å²) in [5.74, 6) is 0.931. The lowest BCUT2D eigenvalue weighted by atomic mass is 10.1. The van der Waals surface area contributed by atoms with Crippen molar-refractivity contribution in [1.29, 1.82) is 0 Å². The molecule has 0 bridgehead atoms. The summed E-state index contributed by atoms with van der Waals surface area (Å²) in [6, 6.07) is 6.53. The van der Waals surface area contributed by atoms with Crippen LogP contribution in [0.3, 0.4) is 0 Å². The van der Waals surface area contributed by atoms with Gasteiger partial charge in [-0.3, -0.25) is 0 Å². The van der Waals surface area contributed by atoms with E-state index in [0.717, 1.165) is 22.6 Å². The Balaban J connectivity index is 2.06. The number of rotatable bonds is 4. The van der Waals surface area contributed by atoms with Crippen LogP contribution in [-0.4, -0.2) is 19.5 Å². The van der Waals surface area contributed by atoms with E-state index in [1.54, 1.807) is 6.33 Å². The number of aromatic nitrogens is 4. The molecule has 0 spiro atoms. The lowest BCUT2D eigenvalue weighted by Crippen LogP contribution is -2.20. The molecule has 110 valence electrons. The van der Waals surface area contributed by atoms with Crippen LogP contribution < -0.4 is 5.73 Å². The fraction of sp³-hybridized carbons (Fsp3) is 0.375. The molecule has 0 saturated heterocycles. The van der Waals surface area contributed by atoms with E-state index in [-0.39, 0.29) is 6.04 Å². The Morgan fingerprint density at radius 2 is 2.14 bits per heavy atom. The number of imidazole rings is 2. The summed E-state index contributed by atoms with van der Waals surface area (Å²) in [5.41, 5.74) is 10.8. The molecule has 1 aromatic carbocycles. The second-order valence-corrected chi connectivity index (χ2v) is 5.81. The number of nitrogens with zero attached hydrogens (tertiary/aromatic N) is 3. The molecular formula is C16H21N5. The van der Waals surface area contributed by atoms with Crippen LogP contribution in [0, 0.1) is 6.92 Å². The van der Waals surface area contributed by atoms with E-state index in [2.05, 4.69) is 53.5 Å². The Morgan fingerprint density at radius 1 is 1.33 bits per heavy atom. The number of hydrogen-bond donors (Lipinski definition) is 2. The highest BCUT2D eigenvalue weighted by atomic mass is 15.1. The number of aryl methyl sites for hydroxylation is 1. The third kappa shape index (κ3) is 2.56. The van der Waals surface area contributed by atoms with Crippen molar-refractivity contribution in [3.63, 3.8) is 0 Å². The van der Waals surface area contributed by atoms with Gasteiger partial charge >= 0.3 is 0 Å². The topological polar surface area (TPSA) is 72.5 Å². The van der Waals surface area contributed by atoms with Crippen LogP contribution in [0.2, 0.25) is 0 Å². The average molecular weight is 283 g/mol. The summed E-state index contributed by atoms with van der Waals surface area (Å²) in [5, 5.41) is 0. The van der Waals surface area contributed by atoms with Crippen molar-refractivity contribution >= 4 is 11.0 Å². The number of benzene rings is 1. The van der Waals surface area contributed by atoms with Crippen LogP contribution in [0.25, 0.3) is 11.0 Å². The molecule has 5 nitrogen and oxygen atoms in total. The quantitative estimate of drug-likeness (QED) is 0.773. The van der Waals surface area contributed by atoms with Gasteiger partial charge in [-0.2, -0.15) is 0 Å². The summed E-state index contributed by atoms with van der Waals surface area (Å²) in [4.78, 5) is 11.9. The maximum absolute atomic E-state index is 6.40. The first-order chi connectivity index (χ1) is 10.1. The number of H-pyrrole nitrogens is 1. The molecule has 0 amide bonds. The Labute approximate surface area is 124 Å². The first-order valence-electron chi connectivity index (χ1n) is 7.27. The molecule has 1 atom stereocenters. The molecule has 5 heteroatoms. The number of fused-ring (bicyclic) bond motifs is 1. The minimum absolute atomic E-state index is 0.152. The molecule has 0 aliphatic heterocycles. The van der Waals surface area contributed by atoms with E-state index in [0.29, 0.717) is 12.5 Å². The summed E-state index contributed by atoms with van der Waals surface area (Å²) < 4.78 is 2.23. The largest absolute Gasteiger partial charge is 0.348 e. The van der Waals surface area contributed by atoms with Gasteiger partial charge in [0.25, 0.3) is 0 Å². The Bertz CT molecular complexity index is 739. The molecule has 0 aliphatic rings. The maximum Gasteiger partial charge on any atom is 0.127 e. The van der Waals surface area contributed by atoms with Crippen molar-refractivity contribution in [3.05, 3.63) is 47.8 Å². The smallest absolute Gasteiger partial charge is 0.127 e. The fourth-order valence-electron chi connectivity index (χ4n) is 2.76. The molecule has 3 rings (SSSR count). The van der Waals surface area contributed by atoms with Gasteiger partial charge in [0.2, 0.25) is 0 Å². The molecular weight excluding hydrogens is 262 g/mol. The van der Waals surface area contributed by atoms with Crippen molar-refractivity contribution < 1.29 is 0 Å². The van der Waals surface area contributed by atoms with Gasteiger partial charge in [0, 0.05) is 24.4 Å². The van der Waals surface area contributed by atoms with Crippen molar-refractivity contribution in [2.24, 2.45) is 5.73 Å². The van der Waals surface area contributed by atoms with Crippen LogP contribution in [0.5, 0.6) is 0 Å². The normalized spacial score (nSPS) is 13.2. The monoisotopic (exact) mass is 283 g/mol. The van der Waals surface area contributed by atoms with Crippen molar-refractivity contribution in [3.8, 4) is 0 Å². The second kappa shape index (κ2) is 5.33. The van der Waals surface area contributed by atoms with Crippen molar-refractivity contribution in [1.82, 2.24) is 19.5 Å². The Hall–Kier alpha value is -2.14. The van der Waals surface area contributed by atoms with Gasteiger partial charge in [-0.1, -0.05) is 6.07 Å². The van der Waals surface area contributed by atoms with Gasteiger partial charge in [-0.25, -0.2) is 9.97 Å². The summed E-state index contributed by atoms with van der Waals surface area (Å²) in [6.07, 6.45) is 4.19. The minimum Gasteiger partial charge on any atom is -0.348 e. The van der Waals surface area contributed by atoms with E-state index >= 15 is 0 Å². The summed E-state index contributed by atoms with van der Waals surface area (Å²) in [7, 11) is 0. The first kappa shape index (κ1) is 13.8. The highest BCUT2D eigenvalue weighted by Gasteiger charge is 2.19. The fourth-order valence-corrected chi connectivity index (χ4v) is 2.76. The third-order valence-electron chi connectivity index (χ3n) is 3.71. The number of nitrogens with one attached hydrogen (secondary N) is 1. The third-order valence-corrected chi connectivity index (χ3v) is 3.71. The van der Waals surface area contributed by atoms with Gasteiger partial charge in [0.15, 0.2) is 0 Å². The number of aromatic amines is 1. The molecule has 1 unspecified atom stereocenters. The predicted molar refractivity (Wildman–Crippen MR) is 84.1 cm³/mol. The minimum atomic E-state index is -0.152. The molecule has 2 heterocycles. The van der Waals surface area contributed by atoms with Crippen LogP contribution in [0.15, 0.2) is 30.7 Å². The zero-order valence-corrected chi connectivity index (χ0v) is 12.7. The van der Waals surface area contributed by atoms with Crippen molar-refractivity contribution in [2.75, 3.05) is 0 Å². The molecule has 0 aliphatic carbocycles. The zero-order chi connectivity index (χ0) is 15.0. The SMILES string of the molecule is Cc1ccc2c(c1)nc(C(N)Cc1cnc[nH]1)n2C(C)C. The van der Waals surface area contributed by atoms with E-state index in [1.165, 1.54) is 5.56 Å². The predicted octanol–water partition coefficient (Wildman–Crippen LogP) is 2.89. The summed E-state index contributed by atoms with van der Waals surface area (Å²) >= 11 is 0. The van der Waals surface area contributed by atoms with E-state index in [1.807, 2.05) is 6.20 Å². The number of nitrogens with two attached hydrogens (primary N) is 1. The van der Waals surface area contributed by atoms with Gasteiger partial charge in [-0.05, 0) is 38.5 Å². The van der Waals surface area contributed by atoms with E-state index < -0.39 is 0 Å². The average Bonchev–Trinajstić information content (AvgIpc) is 3.04. The lowest BCUT2D eigenvalue weighted by Gasteiger charge is -2.17. The summed E-state index contributed by atoms with van der Waals surface area (Å²) in [6.45, 7) is 6.40. The Morgan fingerprint density at radius 3 is 2.81 bits per heavy atom. The van der Waals surface area contributed by atoms with Crippen LogP contribution in [0.4, 0.5) is 0 Å². The Kier molecular flexibility index (Phi) is 3.51. The van der Waals surface area contributed by atoms with Gasteiger partial charge in [0.1, 0.15) is 5.82 Å². The molecule has 3 aromatic rings. The van der Waals surface area contributed by atoms with E-state index in [4.69, 9.17) is 10.7 Å². The van der Waals surface area contributed by atoms with Crippen LogP contribution in [0.1, 0.15) is 43.0 Å². The highest BCUT2D eigenvalue weighted by molar-refractivity contribution is 5.77. The highest BCUT2D eigenvalue weighted by Crippen LogP contribution is 2.26. The lowest BCUT2D eigenvalue weighted by molar-refractivity contribution is 0.538. The van der Waals surface area contributed by atoms with Crippen LogP contribution >= 0.6 is 0 Å². The molecule has 3 N–H and O–H groups in total. The number of hydrogen-bond acceptors (Lipinski definition) is 3. The first-order valence-corrected chi connectivity index (χ1v) is 7.27. The zero-order valence-electron chi connectivity index (χ0n) is 12.7. The van der Waals surface area contributed by atoms with Crippen molar-refractivity contribution in [2.45, 2.75) is 39.3 Å². The maximum atomic E-state index is 6.40. The van der Waals surface area contributed by atoms with E-state index in [9.17, 15) is 0 Å². The van der Waals surface area contributed by atoms with Gasteiger partial charge < -0.3 is 15.3 Å². The molecule has 21 heavy (non-hydrogen) atoms. The molecule has 0 fully saturated rings.